The Morgan fingerprint density at radius 3 is 1.11 bits per heavy atom. The molecule has 6 rings (SSSR count). The third kappa shape index (κ3) is 14.8. The lowest BCUT2D eigenvalue weighted by Gasteiger charge is -2.40. The van der Waals surface area contributed by atoms with E-state index in [1.807, 2.05) is 24.8 Å². The van der Waals surface area contributed by atoms with E-state index in [-0.39, 0.29) is 12.2 Å². The Balaban J connectivity index is 1.21. The van der Waals surface area contributed by atoms with Gasteiger partial charge in [0.2, 0.25) is 0 Å². The molecule has 0 bridgehead atoms. The monoisotopic (exact) mass is 827 g/mol. The zero-order chi connectivity index (χ0) is 42.5. The molecule has 2 heterocycles. The minimum Gasteiger partial charge on any atom is -0.365 e. The summed E-state index contributed by atoms with van der Waals surface area (Å²) in [4.78, 5) is 19.3. The van der Waals surface area contributed by atoms with E-state index in [2.05, 4.69) is 76.2 Å². The molecule has 2 aliphatic rings. The smallest absolute Gasteiger partial charge is 0.159 e. The number of hydrogen-bond acceptors (Lipinski definition) is 5. The molecule has 332 valence electrons. The van der Waals surface area contributed by atoms with E-state index in [1.165, 1.54) is 176 Å². The van der Waals surface area contributed by atoms with Crippen molar-refractivity contribution in [2.75, 3.05) is 0 Å². The summed E-state index contributed by atoms with van der Waals surface area (Å²) in [6.45, 7) is 9.21. The molecule has 0 spiro atoms. The van der Waals surface area contributed by atoms with Gasteiger partial charge in [0.1, 0.15) is 0 Å². The largest absolute Gasteiger partial charge is 0.365 e. The van der Waals surface area contributed by atoms with Crippen molar-refractivity contribution in [3.8, 4) is 22.8 Å². The Hall–Kier alpha value is -3.44. The van der Waals surface area contributed by atoms with Gasteiger partial charge in [0, 0.05) is 35.9 Å². The highest BCUT2D eigenvalue weighted by Gasteiger charge is 2.36. The number of hydrogen-bond donors (Lipinski definition) is 0. The standard InChI is InChI=1S/C56H82N4O/c1-5-9-13-15-17-21-45-39-57-55(58-40-45)51-35-31-49(32-36-51)53(47-27-23-43(24-28-47)19-11-7-3)61-54(48-29-25-44(26-30-48)20-12-8-4)50-33-37-52(38-34-50)56-59-41-46(42-60-56)22-18-16-14-10-6-2/h31-44,47-48,53-54H,5-30H2,1-4H3/t43-,44-,47-,48-,53?,54?. The minimum atomic E-state index is 0.0533. The normalized spacial score (nSPS) is 20.4. The lowest BCUT2D eigenvalue weighted by atomic mass is 9.74. The van der Waals surface area contributed by atoms with Crippen LogP contribution in [0.4, 0.5) is 0 Å². The molecule has 2 saturated carbocycles. The van der Waals surface area contributed by atoms with Gasteiger partial charge in [-0.2, -0.15) is 0 Å². The van der Waals surface area contributed by atoms with Gasteiger partial charge in [-0.3, -0.25) is 0 Å². The van der Waals surface area contributed by atoms with Crippen LogP contribution in [0.2, 0.25) is 0 Å². The van der Waals surface area contributed by atoms with Crippen molar-refractivity contribution in [3.63, 3.8) is 0 Å². The summed E-state index contributed by atoms with van der Waals surface area (Å²) in [5.74, 6) is 4.37. The average molecular weight is 827 g/mol. The van der Waals surface area contributed by atoms with Gasteiger partial charge in [0.25, 0.3) is 0 Å². The van der Waals surface area contributed by atoms with Gasteiger partial charge in [-0.1, -0.05) is 192 Å². The van der Waals surface area contributed by atoms with Crippen molar-refractivity contribution in [2.45, 2.75) is 207 Å². The molecule has 4 aromatic rings. The Kier molecular flexibility index (Phi) is 20.2. The molecule has 2 fully saturated rings. The van der Waals surface area contributed by atoms with Gasteiger partial charge in [-0.05, 0) is 97.3 Å². The van der Waals surface area contributed by atoms with E-state index < -0.39 is 0 Å². The number of rotatable bonds is 26. The first-order chi connectivity index (χ1) is 30.1. The van der Waals surface area contributed by atoms with E-state index >= 15 is 0 Å². The van der Waals surface area contributed by atoms with Crippen LogP contribution in [0.5, 0.6) is 0 Å². The van der Waals surface area contributed by atoms with Gasteiger partial charge in [0.15, 0.2) is 11.6 Å². The third-order valence-electron chi connectivity index (χ3n) is 14.4. The molecule has 0 radical (unpaired) electrons. The highest BCUT2D eigenvalue weighted by Crippen LogP contribution is 2.47. The highest BCUT2D eigenvalue weighted by atomic mass is 16.5. The maximum atomic E-state index is 7.72. The lowest BCUT2D eigenvalue weighted by Crippen LogP contribution is -2.28. The molecule has 0 saturated heterocycles. The topological polar surface area (TPSA) is 60.8 Å². The zero-order valence-corrected chi connectivity index (χ0v) is 39.0. The molecular formula is C56H82N4O. The first-order valence-electron chi connectivity index (χ1n) is 25.6. The number of ether oxygens (including phenoxy) is 1. The molecule has 0 N–H and O–H groups in total. The fraction of sp³-hybridized carbons (Fsp3) is 0.643. The Morgan fingerprint density at radius 2 is 0.770 bits per heavy atom. The van der Waals surface area contributed by atoms with Gasteiger partial charge in [-0.25, -0.2) is 19.9 Å². The van der Waals surface area contributed by atoms with Gasteiger partial charge in [0.05, 0.1) is 12.2 Å². The quantitative estimate of drug-likeness (QED) is 0.0590. The fourth-order valence-corrected chi connectivity index (χ4v) is 10.4. The number of benzene rings is 2. The minimum absolute atomic E-state index is 0.0533. The molecule has 5 nitrogen and oxygen atoms in total. The fourth-order valence-electron chi connectivity index (χ4n) is 10.4. The number of aromatic nitrogens is 4. The summed E-state index contributed by atoms with van der Waals surface area (Å²) >= 11 is 0. The number of unbranched alkanes of at least 4 members (excludes halogenated alkanes) is 10. The van der Waals surface area contributed by atoms with Gasteiger partial charge < -0.3 is 4.74 Å². The van der Waals surface area contributed by atoms with Crippen LogP contribution >= 0.6 is 0 Å². The summed E-state index contributed by atoms with van der Waals surface area (Å²) in [5.41, 5.74) is 7.27. The maximum absolute atomic E-state index is 7.72. The predicted octanol–water partition coefficient (Wildman–Crippen LogP) is 16.4. The summed E-state index contributed by atoms with van der Waals surface area (Å²) in [6.07, 6.45) is 41.6. The Morgan fingerprint density at radius 1 is 0.426 bits per heavy atom. The average Bonchev–Trinajstić information content (AvgIpc) is 3.31. The molecular weight excluding hydrogens is 745 g/mol. The van der Waals surface area contributed by atoms with Crippen LogP contribution in [-0.4, -0.2) is 19.9 Å². The van der Waals surface area contributed by atoms with E-state index in [4.69, 9.17) is 24.7 Å². The molecule has 2 aromatic carbocycles. The summed E-state index contributed by atoms with van der Waals surface area (Å²) in [7, 11) is 0. The zero-order valence-electron chi connectivity index (χ0n) is 39.0. The summed E-state index contributed by atoms with van der Waals surface area (Å²) in [6, 6.07) is 18.3. The van der Waals surface area contributed by atoms with Crippen molar-refractivity contribution in [3.05, 3.63) is 95.6 Å². The van der Waals surface area contributed by atoms with E-state index in [9.17, 15) is 0 Å². The van der Waals surface area contributed by atoms with E-state index in [1.54, 1.807) is 0 Å². The first kappa shape index (κ1) is 47.0. The van der Waals surface area contributed by atoms with Crippen molar-refractivity contribution in [1.29, 1.82) is 0 Å². The molecule has 5 heteroatoms. The molecule has 0 aliphatic heterocycles. The van der Waals surface area contributed by atoms with Crippen LogP contribution in [-0.2, 0) is 17.6 Å². The second-order valence-corrected chi connectivity index (χ2v) is 19.2. The molecule has 2 aromatic heterocycles. The van der Waals surface area contributed by atoms with Crippen molar-refractivity contribution in [1.82, 2.24) is 19.9 Å². The first-order valence-corrected chi connectivity index (χ1v) is 25.6. The van der Waals surface area contributed by atoms with Gasteiger partial charge in [-0.15, -0.1) is 0 Å². The van der Waals surface area contributed by atoms with E-state index in [0.717, 1.165) is 47.5 Å². The van der Waals surface area contributed by atoms with Gasteiger partial charge >= 0.3 is 0 Å². The lowest BCUT2D eigenvalue weighted by molar-refractivity contribution is -0.0907. The van der Waals surface area contributed by atoms with E-state index in [0.29, 0.717) is 11.8 Å². The molecule has 2 aliphatic carbocycles. The maximum Gasteiger partial charge on any atom is 0.159 e. The van der Waals surface area contributed by atoms with Crippen LogP contribution in [0.3, 0.4) is 0 Å². The highest BCUT2D eigenvalue weighted by molar-refractivity contribution is 5.56. The molecule has 2 atom stereocenters. The van der Waals surface area contributed by atoms with Crippen LogP contribution in [0.1, 0.15) is 216 Å². The Bertz CT molecular complexity index is 1610. The van der Waals surface area contributed by atoms with Crippen LogP contribution in [0, 0.1) is 23.7 Å². The molecule has 0 amide bonds. The van der Waals surface area contributed by atoms with Crippen molar-refractivity contribution in [2.24, 2.45) is 23.7 Å². The summed E-state index contributed by atoms with van der Waals surface area (Å²) < 4.78 is 7.72. The second-order valence-electron chi connectivity index (χ2n) is 19.2. The predicted molar refractivity (Wildman–Crippen MR) is 256 cm³/mol. The van der Waals surface area contributed by atoms with Crippen molar-refractivity contribution < 1.29 is 4.74 Å². The van der Waals surface area contributed by atoms with Crippen LogP contribution in [0.15, 0.2) is 73.3 Å². The second kappa shape index (κ2) is 26.2. The van der Waals surface area contributed by atoms with Crippen LogP contribution < -0.4 is 0 Å². The SMILES string of the molecule is CCCCCCCc1cnc(-c2ccc(C(OC(c3ccc(-c4ncc(CCCCCCC)cn4)cc3)[C@H]3CC[C@H](CCCC)CC3)[C@H]3CC[C@H](CCCC)CC3)cc2)nc1. The molecule has 61 heavy (non-hydrogen) atoms. The van der Waals surface area contributed by atoms with Crippen LogP contribution in [0.25, 0.3) is 22.8 Å². The number of aryl methyl sites for hydroxylation is 2. The number of nitrogens with zero attached hydrogens (tertiary/aromatic N) is 4. The van der Waals surface area contributed by atoms with Crippen molar-refractivity contribution >= 4 is 0 Å². The third-order valence-corrected chi connectivity index (χ3v) is 14.4. The summed E-state index contributed by atoms with van der Waals surface area (Å²) in [5, 5.41) is 0. The molecule has 2 unspecified atom stereocenters. The Labute approximate surface area is 372 Å².